The van der Waals surface area contributed by atoms with Gasteiger partial charge in [0, 0.05) is 5.02 Å². The Hall–Kier alpha value is -1.00. The van der Waals surface area contributed by atoms with Gasteiger partial charge in [-0.3, -0.25) is 0 Å². The van der Waals surface area contributed by atoms with Crippen LogP contribution in [0.2, 0.25) is 5.02 Å². The molecule has 0 N–H and O–H groups in total. The summed E-state index contributed by atoms with van der Waals surface area (Å²) in [6.07, 6.45) is 1.95. The second-order valence-corrected chi connectivity index (χ2v) is 4.52. The molecule has 1 nitrogen and oxygen atoms in total. The van der Waals surface area contributed by atoms with Crippen molar-refractivity contribution in [1.82, 2.24) is 0 Å². The van der Waals surface area contributed by atoms with Gasteiger partial charge >= 0.3 is 0 Å². The van der Waals surface area contributed by atoms with Crippen molar-refractivity contribution in [1.29, 1.82) is 5.26 Å². The Bertz CT molecular complexity index is 425. The lowest BCUT2D eigenvalue weighted by molar-refractivity contribution is 0.893. The van der Waals surface area contributed by atoms with E-state index in [1.54, 1.807) is 0 Å². The van der Waals surface area contributed by atoms with Crippen LogP contribution in [0.25, 0.3) is 0 Å². The molecule has 1 fully saturated rings. The van der Waals surface area contributed by atoms with Crippen LogP contribution >= 0.6 is 11.6 Å². The van der Waals surface area contributed by atoms with Crippen molar-refractivity contribution < 1.29 is 0 Å². The van der Waals surface area contributed by atoms with E-state index in [1.165, 1.54) is 0 Å². The summed E-state index contributed by atoms with van der Waals surface area (Å²) in [6, 6.07) is 6.45. The van der Waals surface area contributed by atoms with Crippen LogP contribution in [0, 0.1) is 25.2 Å². The third kappa shape index (κ3) is 1.31. The molecule has 0 aliphatic heterocycles. The molecule has 0 amide bonds. The molecule has 1 aromatic carbocycles. The Morgan fingerprint density at radius 3 is 2.50 bits per heavy atom. The molecule has 2 rings (SSSR count). The number of hydrogen-bond acceptors (Lipinski definition) is 1. The predicted molar refractivity (Wildman–Crippen MR) is 57.5 cm³/mol. The molecule has 1 aliphatic rings. The Kier molecular flexibility index (Phi) is 2.05. The van der Waals surface area contributed by atoms with Crippen molar-refractivity contribution in [2.45, 2.75) is 32.1 Å². The summed E-state index contributed by atoms with van der Waals surface area (Å²) >= 11 is 6.10. The molecular formula is C12H12ClN. The second-order valence-electron chi connectivity index (χ2n) is 4.11. The standard InChI is InChI=1S/C12H12ClN/c1-8-5-10(9(2)11(13)6-8)12(7-14)3-4-12/h5-6H,3-4H2,1-2H3. The fourth-order valence-corrected chi connectivity index (χ4v) is 2.15. The largest absolute Gasteiger partial charge is 0.197 e. The first-order chi connectivity index (χ1) is 6.59. The topological polar surface area (TPSA) is 23.8 Å². The van der Waals surface area contributed by atoms with Crippen LogP contribution in [0.3, 0.4) is 0 Å². The van der Waals surface area contributed by atoms with Gasteiger partial charge in [0.15, 0.2) is 0 Å². The molecule has 0 unspecified atom stereocenters. The highest BCUT2D eigenvalue weighted by atomic mass is 35.5. The number of rotatable bonds is 1. The first-order valence-corrected chi connectivity index (χ1v) is 5.15. The van der Waals surface area contributed by atoms with Crippen LogP contribution in [-0.2, 0) is 5.41 Å². The Balaban J connectivity index is 2.59. The van der Waals surface area contributed by atoms with Gasteiger partial charge in [0.2, 0.25) is 0 Å². The molecule has 1 aliphatic carbocycles. The predicted octanol–water partition coefficient (Wildman–Crippen LogP) is 3.51. The summed E-state index contributed by atoms with van der Waals surface area (Å²) in [5, 5.41) is 9.90. The average Bonchev–Trinajstić information content (AvgIpc) is 2.92. The third-order valence-electron chi connectivity index (χ3n) is 2.97. The smallest absolute Gasteiger partial charge is 0.0826 e. The lowest BCUT2D eigenvalue weighted by Crippen LogP contribution is -2.06. The van der Waals surface area contributed by atoms with Crippen LogP contribution in [0.1, 0.15) is 29.5 Å². The molecule has 0 atom stereocenters. The molecule has 0 aromatic heterocycles. The zero-order valence-corrected chi connectivity index (χ0v) is 9.15. The van der Waals surface area contributed by atoms with E-state index in [0.29, 0.717) is 0 Å². The van der Waals surface area contributed by atoms with Crippen LogP contribution in [-0.4, -0.2) is 0 Å². The fourth-order valence-electron chi connectivity index (χ4n) is 1.88. The molecule has 0 bridgehead atoms. The van der Waals surface area contributed by atoms with Crippen LogP contribution < -0.4 is 0 Å². The van der Waals surface area contributed by atoms with E-state index in [1.807, 2.05) is 19.9 Å². The number of nitrogens with zero attached hydrogens (tertiary/aromatic N) is 1. The van der Waals surface area contributed by atoms with E-state index in [-0.39, 0.29) is 5.41 Å². The number of hydrogen-bond donors (Lipinski definition) is 0. The molecule has 72 valence electrons. The molecule has 1 saturated carbocycles. The monoisotopic (exact) mass is 205 g/mol. The quantitative estimate of drug-likeness (QED) is 0.688. The highest BCUT2D eigenvalue weighted by Crippen LogP contribution is 2.49. The highest BCUT2D eigenvalue weighted by molar-refractivity contribution is 6.31. The third-order valence-corrected chi connectivity index (χ3v) is 3.36. The summed E-state index contributed by atoms with van der Waals surface area (Å²) in [4.78, 5) is 0. The van der Waals surface area contributed by atoms with E-state index >= 15 is 0 Å². The van der Waals surface area contributed by atoms with Gasteiger partial charge in [0.05, 0.1) is 11.5 Å². The summed E-state index contributed by atoms with van der Waals surface area (Å²) in [7, 11) is 0. The summed E-state index contributed by atoms with van der Waals surface area (Å²) in [5.41, 5.74) is 3.11. The minimum atomic E-state index is -0.222. The van der Waals surface area contributed by atoms with Crippen LogP contribution in [0.15, 0.2) is 12.1 Å². The molecule has 0 radical (unpaired) electrons. The van der Waals surface area contributed by atoms with Crippen molar-refractivity contribution in [2.24, 2.45) is 0 Å². The van der Waals surface area contributed by atoms with E-state index < -0.39 is 0 Å². The van der Waals surface area contributed by atoms with Crippen LogP contribution in [0.4, 0.5) is 0 Å². The zero-order valence-electron chi connectivity index (χ0n) is 8.39. The van der Waals surface area contributed by atoms with Gasteiger partial charge in [-0.05, 0) is 49.4 Å². The Morgan fingerprint density at radius 1 is 1.36 bits per heavy atom. The first kappa shape index (κ1) is 9.55. The lowest BCUT2D eigenvalue weighted by Gasteiger charge is -2.12. The lowest BCUT2D eigenvalue weighted by atomic mass is 9.92. The first-order valence-electron chi connectivity index (χ1n) is 4.77. The van der Waals surface area contributed by atoms with Crippen molar-refractivity contribution in [3.8, 4) is 6.07 Å². The minimum absolute atomic E-state index is 0.222. The summed E-state index contributed by atoms with van der Waals surface area (Å²) < 4.78 is 0. The number of halogens is 1. The molecule has 0 spiro atoms. The Labute approximate surface area is 89.3 Å². The normalized spacial score (nSPS) is 17.6. The van der Waals surface area contributed by atoms with Crippen LogP contribution in [0.5, 0.6) is 0 Å². The number of aryl methyl sites for hydroxylation is 1. The Morgan fingerprint density at radius 2 is 2.00 bits per heavy atom. The second kappa shape index (κ2) is 3.00. The van der Waals surface area contributed by atoms with E-state index in [4.69, 9.17) is 16.9 Å². The van der Waals surface area contributed by atoms with Gasteiger partial charge in [0.25, 0.3) is 0 Å². The fraction of sp³-hybridized carbons (Fsp3) is 0.417. The van der Waals surface area contributed by atoms with Crippen molar-refractivity contribution in [3.05, 3.63) is 33.8 Å². The van der Waals surface area contributed by atoms with Gasteiger partial charge in [-0.1, -0.05) is 17.7 Å². The molecule has 1 aromatic rings. The van der Waals surface area contributed by atoms with Gasteiger partial charge in [-0.25, -0.2) is 0 Å². The molecule has 2 heteroatoms. The van der Waals surface area contributed by atoms with Gasteiger partial charge in [0.1, 0.15) is 0 Å². The van der Waals surface area contributed by atoms with Crippen molar-refractivity contribution in [2.75, 3.05) is 0 Å². The maximum Gasteiger partial charge on any atom is 0.0826 e. The highest BCUT2D eigenvalue weighted by Gasteiger charge is 2.46. The van der Waals surface area contributed by atoms with Crippen molar-refractivity contribution >= 4 is 11.6 Å². The van der Waals surface area contributed by atoms with E-state index in [9.17, 15) is 0 Å². The molecular weight excluding hydrogens is 194 g/mol. The number of nitriles is 1. The van der Waals surface area contributed by atoms with Gasteiger partial charge in [-0.15, -0.1) is 0 Å². The van der Waals surface area contributed by atoms with Gasteiger partial charge in [-0.2, -0.15) is 5.26 Å². The summed E-state index contributed by atoms with van der Waals surface area (Å²) in [6.45, 7) is 4.01. The average molecular weight is 206 g/mol. The van der Waals surface area contributed by atoms with Crippen molar-refractivity contribution in [3.63, 3.8) is 0 Å². The zero-order chi connectivity index (χ0) is 10.3. The SMILES string of the molecule is Cc1cc(Cl)c(C)c(C2(C#N)CC2)c1. The molecule has 0 saturated heterocycles. The molecule has 14 heavy (non-hydrogen) atoms. The minimum Gasteiger partial charge on any atom is -0.197 e. The molecule has 0 heterocycles. The van der Waals surface area contributed by atoms with E-state index in [0.717, 1.165) is 34.6 Å². The summed E-state index contributed by atoms with van der Waals surface area (Å²) in [5.74, 6) is 0. The number of benzene rings is 1. The maximum atomic E-state index is 9.12. The maximum absolute atomic E-state index is 9.12. The van der Waals surface area contributed by atoms with Gasteiger partial charge < -0.3 is 0 Å². The van der Waals surface area contributed by atoms with E-state index in [2.05, 4.69) is 12.1 Å².